The lowest BCUT2D eigenvalue weighted by molar-refractivity contribution is 0.659. The maximum atomic E-state index is 6.01. The number of hydrogen-bond donors (Lipinski definition) is 1. The summed E-state index contributed by atoms with van der Waals surface area (Å²) in [7, 11) is 1.93. The smallest absolute Gasteiger partial charge is 0.0558 e. The Bertz CT molecular complexity index is 257. The summed E-state index contributed by atoms with van der Waals surface area (Å²) in [6, 6.07) is 2.07. The van der Waals surface area contributed by atoms with Crippen molar-refractivity contribution in [3.05, 3.63) is 18.0 Å². The summed E-state index contributed by atoms with van der Waals surface area (Å²) >= 11 is 1.88. The van der Waals surface area contributed by atoms with Crippen molar-refractivity contribution in [2.75, 3.05) is 5.75 Å². The molecule has 1 aromatic rings. The van der Waals surface area contributed by atoms with Crippen LogP contribution in [0.15, 0.2) is 12.3 Å². The molecule has 1 rings (SSSR count). The third kappa shape index (κ3) is 3.04. The average Bonchev–Trinajstić information content (AvgIpc) is 2.47. The van der Waals surface area contributed by atoms with Crippen molar-refractivity contribution in [2.45, 2.75) is 25.1 Å². The molecule has 1 unspecified atom stereocenters. The van der Waals surface area contributed by atoms with Gasteiger partial charge in [-0.15, -0.1) is 0 Å². The Labute approximate surface area is 83.7 Å². The normalized spacial score (nSPS) is 13.6. The predicted molar refractivity (Wildman–Crippen MR) is 57.7 cm³/mol. The molecule has 0 saturated heterocycles. The molecule has 0 saturated carbocycles. The first-order chi connectivity index (χ1) is 6.11. The van der Waals surface area contributed by atoms with E-state index in [1.54, 1.807) is 6.20 Å². The van der Waals surface area contributed by atoms with Crippen LogP contribution >= 0.6 is 11.8 Å². The lowest BCUT2D eigenvalue weighted by Crippen LogP contribution is -2.17. The highest BCUT2D eigenvalue weighted by Gasteiger charge is 2.10. The van der Waals surface area contributed by atoms with Crippen LogP contribution in [0.2, 0.25) is 0 Å². The molecule has 74 valence electrons. The molecule has 4 heteroatoms. The molecule has 0 radical (unpaired) electrons. The Morgan fingerprint density at radius 1 is 1.62 bits per heavy atom. The van der Waals surface area contributed by atoms with Crippen molar-refractivity contribution in [2.24, 2.45) is 12.8 Å². The summed E-state index contributed by atoms with van der Waals surface area (Å²) in [6.07, 6.45) is 1.79. The van der Waals surface area contributed by atoms with Crippen molar-refractivity contribution in [1.82, 2.24) is 9.78 Å². The van der Waals surface area contributed by atoms with Crippen molar-refractivity contribution in [1.29, 1.82) is 0 Å². The molecule has 1 atom stereocenters. The van der Waals surface area contributed by atoms with Crippen LogP contribution in [0.3, 0.4) is 0 Å². The van der Waals surface area contributed by atoms with Gasteiger partial charge in [0, 0.05) is 19.0 Å². The van der Waals surface area contributed by atoms with Gasteiger partial charge < -0.3 is 5.73 Å². The minimum Gasteiger partial charge on any atom is -0.322 e. The maximum absolute atomic E-state index is 6.01. The van der Waals surface area contributed by atoms with E-state index in [2.05, 4.69) is 18.9 Å². The zero-order chi connectivity index (χ0) is 9.84. The monoisotopic (exact) mass is 199 g/mol. The molecule has 0 fully saturated rings. The summed E-state index contributed by atoms with van der Waals surface area (Å²) in [6.45, 7) is 4.36. The molecule has 0 aliphatic heterocycles. The Morgan fingerprint density at radius 3 is 2.77 bits per heavy atom. The van der Waals surface area contributed by atoms with Gasteiger partial charge in [0.05, 0.1) is 11.7 Å². The second-order valence-electron chi connectivity index (χ2n) is 3.37. The van der Waals surface area contributed by atoms with E-state index in [-0.39, 0.29) is 6.04 Å². The van der Waals surface area contributed by atoms with Crippen molar-refractivity contribution >= 4 is 11.8 Å². The van der Waals surface area contributed by atoms with Crippen LogP contribution in [-0.4, -0.2) is 20.8 Å². The highest BCUT2D eigenvalue weighted by atomic mass is 32.2. The summed E-state index contributed by atoms with van der Waals surface area (Å²) < 4.78 is 1.84. The molecule has 2 N–H and O–H groups in total. The van der Waals surface area contributed by atoms with Crippen LogP contribution in [0.4, 0.5) is 0 Å². The second-order valence-corrected chi connectivity index (χ2v) is 4.98. The number of hydrogen-bond acceptors (Lipinski definition) is 3. The SMILES string of the molecule is CC(C)SCC(N)c1ccnn1C. The highest BCUT2D eigenvalue weighted by molar-refractivity contribution is 7.99. The van der Waals surface area contributed by atoms with Gasteiger partial charge in [-0.1, -0.05) is 13.8 Å². The van der Waals surface area contributed by atoms with Crippen molar-refractivity contribution < 1.29 is 0 Å². The van der Waals surface area contributed by atoms with Gasteiger partial charge >= 0.3 is 0 Å². The molecule has 0 bridgehead atoms. The fourth-order valence-electron chi connectivity index (χ4n) is 1.13. The first-order valence-electron chi connectivity index (χ1n) is 4.46. The van der Waals surface area contributed by atoms with E-state index >= 15 is 0 Å². The van der Waals surface area contributed by atoms with E-state index in [1.165, 1.54) is 0 Å². The topological polar surface area (TPSA) is 43.8 Å². The zero-order valence-corrected chi connectivity index (χ0v) is 9.21. The minimum absolute atomic E-state index is 0.0971. The third-order valence-corrected chi connectivity index (χ3v) is 3.07. The van der Waals surface area contributed by atoms with E-state index in [9.17, 15) is 0 Å². The van der Waals surface area contributed by atoms with Crippen LogP contribution in [-0.2, 0) is 7.05 Å². The van der Waals surface area contributed by atoms with Crippen LogP contribution in [0.25, 0.3) is 0 Å². The summed E-state index contributed by atoms with van der Waals surface area (Å²) in [5, 5.41) is 4.73. The van der Waals surface area contributed by atoms with Gasteiger partial charge in [0.2, 0.25) is 0 Å². The fourth-order valence-corrected chi connectivity index (χ4v) is 1.89. The Kier molecular flexibility index (Phi) is 3.81. The molecule has 0 aromatic carbocycles. The first-order valence-corrected chi connectivity index (χ1v) is 5.51. The number of aromatic nitrogens is 2. The molecule has 1 aromatic heterocycles. The van der Waals surface area contributed by atoms with Gasteiger partial charge in [0.15, 0.2) is 0 Å². The molecule has 13 heavy (non-hydrogen) atoms. The van der Waals surface area contributed by atoms with E-state index < -0.39 is 0 Å². The number of nitrogens with two attached hydrogens (primary N) is 1. The van der Waals surface area contributed by atoms with E-state index in [0.29, 0.717) is 5.25 Å². The molecular formula is C9H17N3S. The van der Waals surface area contributed by atoms with Crippen molar-refractivity contribution in [3.63, 3.8) is 0 Å². The Hall–Kier alpha value is -0.480. The van der Waals surface area contributed by atoms with E-state index in [0.717, 1.165) is 11.4 Å². The van der Waals surface area contributed by atoms with E-state index in [4.69, 9.17) is 5.73 Å². The number of rotatable bonds is 4. The molecule has 0 aliphatic rings. The number of aryl methyl sites for hydroxylation is 1. The standard InChI is InChI=1S/C9H17N3S/c1-7(2)13-6-8(10)9-4-5-11-12(9)3/h4-5,7-8H,6,10H2,1-3H3. The quantitative estimate of drug-likeness (QED) is 0.800. The molecule has 1 heterocycles. The van der Waals surface area contributed by atoms with Gasteiger partial charge in [-0.2, -0.15) is 16.9 Å². The van der Waals surface area contributed by atoms with Gasteiger partial charge in [-0.3, -0.25) is 4.68 Å². The van der Waals surface area contributed by atoms with Crippen molar-refractivity contribution in [3.8, 4) is 0 Å². The minimum atomic E-state index is 0.0971. The Balaban J connectivity index is 2.49. The molecule has 0 spiro atoms. The van der Waals surface area contributed by atoms with Crippen LogP contribution in [0, 0.1) is 0 Å². The maximum Gasteiger partial charge on any atom is 0.0558 e. The average molecular weight is 199 g/mol. The molecule has 0 aliphatic carbocycles. The summed E-state index contributed by atoms with van der Waals surface area (Å²) in [4.78, 5) is 0. The highest BCUT2D eigenvalue weighted by Crippen LogP contribution is 2.18. The van der Waals surface area contributed by atoms with Gasteiger partial charge in [0.1, 0.15) is 0 Å². The van der Waals surface area contributed by atoms with Gasteiger partial charge in [-0.25, -0.2) is 0 Å². The number of thioether (sulfide) groups is 1. The summed E-state index contributed by atoms with van der Waals surface area (Å²) in [5.74, 6) is 0.956. The zero-order valence-electron chi connectivity index (χ0n) is 8.40. The fraction of sp³-hybridized carbons (Fsp3) is 0.667. The summed E-state index contributed by atoms with van der Waals surface area (Å²) in [5.41, 5.74) is 7.11. The first kappa shape index (κ1) is 10.6. The third-order valence-electron chi connectivity index (χ3n) is 1.85. The van der Waals surface area contributed by atoms with Gasteiger partial charge in [-0.05, 0) is 11.3 Å². The molecule has 0 amide bonds. The van der Waals surface area contributed by atoms with Crippen LogP contribution in [0.5, 0.6) is 0 Å². The van der Waals surface area contributed by atoms with E-state index in [1.807, 2.05) is 29.6 Å². The van der Waals surface area contributed by atoms with Gasteiger partial charge in [0.25, 0.3) is 0 Å². The molecule has 3 nitrogen and oxygen atoms in total. The van der Waals surface area contributed by atoms with Crippen LogP contribution in [0.1, 0.15) is 25.6 Å². The second kappa shape index (κ2) is 4.67. The lowest BCUT2D eigenvalue weighted by atomic mass is 10.2. The predicted octanol–water partition coefficient (Wildman–Crippen LogP) is 1.56. The molecular weight excluding hydrogens is 182 g/mol. The lowest BCUT2D eigenvalue weighted by Gasteiger charge is -2.12. The van der Waals surface area contributed by atoms with Crippen LogP contribution < -0.4 is 5.73 Å². The Morgan fingerprint density at radius 2 is 2.31 bits per heavy atom. The largest absolute Gasteiger partial charge is 0.322 e. The number of nitrogens with zero attached hydrogens (tertiary/aromatic N) is 2.